The standard InChI is InChI=1S/C20H27N5O8S2/c1-30-17(26)3-13(24-19(28)32-9-15-7-22-11-34-15)5-21-6-14(4-18(27)31-2)25-20(29)33-10-16-8-23-12-35-16/h7-8,11-14,21H,3-6,9-10H2,1-2H3,(H,24,28)(H,25,29). The van der Waals surface area contributed by atoms with Crippen molar-refractivity contribution < 1.29 is 38.1 Å². The molecule has 0 aliphatic carbocycles. The zero-order chi connectivity index (χ0) is 25.5. The second-order valence-corrected chi connectivity index (χ2v) is 8.93. The lowest BCUT2D eigenvalue weighted by Crippen LogP contribution is -2.48. The highest BCUT2D eigenvalue weighted by Gasteiger charge is 2.21. The van der Waals surface area contributed by atoms with Crippen LogP contribution in [0.1, 0.15) is 22.6 Å². The first-order chi connectivity index (χ1) is 16.9. The number of amides is 2. The van der Waals surface area contributed by atoms with Crippen molar-refractivity contribution >= 4 is 46.8 Å². The Morgan fingerprint density at radius 1 is 0.800 bits per heavy atom. The van der Waals surface area contributed by atoms with Crippen LogP contribution >= 0.6 is 22.7 Å². The summed E-state index contributed by atoms with van der Waals surface area (Å²) in [6.45, 7) is 0.341. The molecule has 0 aliphatic rings. The summed E-state index contributed by atoms with van der Waals surface area (Å²) in [5, 5.41) is 8.22. The Bertz CT molecular complexity index is 852. The summed E-state index contributed by atoms with van der Waals surface area (Å²) in [5.41, 5.74) is 3.24. The normalized spacial score (nSPS) is 12.2. The molecule has 2 rings (SSSR count). The van der Waals surface area contributed by atoms with E-state index in [-0.39, 0.29) is 39.1 Å². The van der Waals surface area contributed by atoms with E-state index in [1.165, 1.54) is 36.9 Å². The van der Waals surface area contributed by atoms with Crippen molar-refractivity contribution in [3.05, 3.63) is 33.2 Å². The van der Waals surface area contributed by atoms with E-state index in [2.05, 4.69) is 35.4 Å². The van der Waals surface area contributed by atoms with Crippen LogP contribution in [0.5, 0.6) is 0 Å². The Labute approximate surface area is 209 Å². The summed E-state index contributed by atoms with van der Waals surface area (Å²) in [7, 11) is 2.48. The number of hydrogen-bond donors (Lipinski definition) is 3. The minimum Gasteiger partial charge on any atom is -0.469 e. The fourth-order valence-corrected chi connectivity index (χ4v) is 3.68. The SMILES string of the molecule is COC(=O)CC(CNCC(CC(=O)OC)NC(=O)OCc1cncs1)NC(=O)OCc1cncs1. The van der Waals surface area contributed by atoms with Crippen molar-refractivity contribution in [3.8, 4) is 0 Å². The number of esters is 2. The van der Waals surface area contributed by atoms with Gasteiger partial charge in [0, 0.05) is 25.5 Å². The van der Waals surface area contributed by atoms with Crippen LogP contribution in [0.3, 0.4) is 0 Å². The minimum atomic E-state index is -0.718. The van der Waals surface area contributed by atoms with Crippen molar-refractivity contribution in [1.29, 1.82) is 0 Å². The van der Waals surface area contributed by atoms with Gasteiger partial charge < -0.3 is 34.9 Å². The molecule has 0 saturated heterocycles. The summed E-state index contributed by atoms with van der Waals surface area (Å²) < 4.78 is 19.6. The van der Waals surface area contributed by atoms with Gasteiger partial charge in [-0.3, -0.25) is 19.6 Å². The number of carbonyl (C=O) groups is 4. The Hall–Kier alpha value is -3.30. The van der Waals surface area contributed by atoms with Crippen molar-refractivity contribution in [2.75, 3.05) is 27.3 Å². The van der Waals surface area contributed by atoms with Gasteiger partial charge in [-0.05, 0) is 0 Å². The van der Waals surface area contributed by atoms with Gasteiger partial charge in [0.05, 0.1) is 59.9 Å². The van der Waals surface area contributed by atoms with Crippen molar-refractivity contribution in [3.63, 3.8) is 0 Å². The fourth-order valence-electron chi connectivity index (χ4n) is 2.67. The predicted molar refractivity (Wildman–Crippen MR) is 125 cm³/mol. The van der Waals surface area contributed by atoms with Crippen LogP contribution in [0.2, 0.25) is 0 Å². The monoisotopic (exact) mass is 529 g/mol. The van der Waals surface area contributed by atoms with Crippen LogP contribution in [-0.4, -0.2) is 73.5 Å². The topological polar surface area (TPSA) is 167 Å². The van der Waals surface area contributed by atoms with Gasteiger partial charge in [0.2, 0.25) is 0 Å². The summed E-state index contributed by atoms with van der Waals surface area (Å²) in [6, 6.07) is -1.35. The summed E-state index contributed by atoms with van der Waals surface area (Å²) in [5.74, 6) is -1.06. The third-order valence-corrected chi connectivity index (χ3v) is 5.87. The summed E-state index contributed by atoms with van der Waals surface area (Å²) in [4.78, 5) is 57.1. The molecule has 0 aromatic carbocycles. The number of aromatic nitrogens is 2. The number of carbonyl (C=O) groups excluding carboxylic acids is 4. The first kappa shape index (κ1) is 27.9. The van der Waals surface area contributed by atoms with Crippen LogP contribution in [0.25, 0.3) is 0 Å². The molecule has 2 aromatic rings. The number of thiazole rings is 2. The minimum absolute atomic E-state index is 0.0453. The van der Waals surface area contributed by atoms with E-state index in [0.717, 1.165) is 9.75 Å². The average molecular weight is 530 g/mol. The lowest BCUT2D eigenvalue weighted by Gasteiger charge is -2.21. The average Bonchev–Trinajstić information content (AvgIpc) is 3.55. The van der Waals surface area contributed by atoms with Crippen molar-refractivity contribution in [1.82, 2.24) is 25.9 Å². The number of nitrogens with zero attached hydrogens (tertiary/aromatic N) is 2. The van der Waals surface area contributed by atoms with Gasteiger partial charge in [0.15, 0.2) is 0 Å². The van der Waals surface area contributed by atoms with E-state index in [9.17, 15) is 19.2 Å². The van der Waals surface area contributed by atoms with Gasteiger partial charge >= 0.3 is 24.1 Å². The van der Waals surface area contributed by atoms with E-state index < -0.39 is 36.2 Å². The molecule has 0 aliphatic heterocycles. The van der Waals surface area contributed by atoms with Crippen LogP contribution in [0, 0.1) is 0 Å². The smallest absolute Gasteiger partial charge is 0.407 e. The van der Waals surface area contributed by atoms with Crippen LogP contribution in [0.15, 0.2) is 23.4 Å². The van der Waals surface area contributed by atoms with Gasteiger partial charge in [0.25, 0.3) is 0 Å². The highest BCUT2D eigenvalue weighted by Crippen LogP contribution is 2.08. The maximum Gasteiger partial charge on any atom is 0.407 e. The molecule has 192 valence electrons. The van der Waals surface area contributed by atoms with E-state index >= 15 is 0 Å². The summed E-state index contributed by atoms with van der Waals surface area (Å²) >= 11 is 2.68. The molecule has 2 atom stereocenters. The van der Waals surface area contributed by atoms with Gasteiger partial charge in [0.1, 0.15) is 13.2 Å². The first-order valence-electron chi connectivity index (χ1n) is 10.3. The molecule has 2 amide bonds. The third kappa shape index (κ3) is 11.6. The molecule has 0 spiro atoms. The Morgan fingerprint density at radius 3 is 1.57 bits per heavy atom. The first-order valence-corrected chi connectivity index (χ1v) is 12.1. The van der Waals surface area contributed by atoms with Gasteiger partial charge in [-0.2, -0.15) is 0 Å². The van der Waals surface area contributed by atoms with Crippen molar-refractivity contribution in [2.24, 2.45) is 0 Å². The van der Waals surface area contributed by atoms with Crippen LogP contribution in [0.4, 0.5) is 9.59 Å². The molecule has 0 fully saturated rings. The zero-order valence-corrected chi connectivity index (χ0v) is 20.8. The maximum atomic E-state index is 12.1. The molecule has 2 unspecified atom stereocenters. The van der Waals surface area contributed by atoms with E-state index in [1.807, 2.05) is 0 Å². The number of alkyl carbamates (subject to hydrolysis) is 2. The molecular formula is C20H27N5O8S2. The maximum absolute atomic E-state index is 12.1. The van der Waals surface area contributed by atoms with Crippen molar-refractivity contribution in [2.45, 2.75) is 38.1 Å². The molecule has 2 aromatic heterocycles. The molecule has 2 heterocycles. The van der Waals surface area contributed by atoms with E-state index in [4.69, 9.17) is 9.47 Å². The Kier molecular flexibility index (Phi) is 12.4. The van der Waals surface area contributed by atoms with E-state index in [0.29, 0.717) is 0 Å². The second-order valence-electron chi connectivity index (χ2n) is 6.99. The number of methoxy groups -OCH3 is 2. The Morgan fingerprint density at radius 2 is 1.23 bits per heavy atom. The lowest BCUT2D eigenvalue weighted by molar-refractivity contribution is -0.141. The number of hydrogen-bond acceptors (Lipinski definition) is 13. The largest absolute Gasteiger partial charge is 0.469 e. The lowest BCUT2D eigenvalue weighted by atomic mass is 10.1. The summed E-state index contributed by atoms with van der Waals surface area (Å²) in [6.07, 6.45) is 1.50. The zero-order valence-electron chi connectivity index (χ0n) is 19.2. The number of nitrogens with one attached hydrogen (secondary N) is 3. The molecular weight excluding hydrogens is 502 g/mol. The molecule has 0 radical (unpaired) electrons. The second kappa shape index (κ2) is 15.6. The molecule has 13 nitrogen and oxygen atoms in total. The molecule has 0 bridgehead atoms. The molecule has 15 heteroatoms. The number of ether oxygens (including phenoxy) is 4. The third-order valence-electron chi connectivity index (χ3n) is 4.36. The molecule has 0 saturated carbocycles. The fraction of sp³-hybridized carbons (Fsp3) is 0.500. The highest BCUT2D eigenvalue weighted by molar-refractivity contribution is 7.09. The van der Waals surface area contributed by atoms with Crippen LogP contribution < -0.4 is 16.0 Å². The highest BCUT2D eigenvalue weighted by atomic mass is 32.1. The molecule has 35 heavy (non-hydrogen) atoms. The van der Waals surface area contributed by atoms with E-state index in [1.54, 1.807) is 23.4 Å². The van der Waals surface area contributed by atoms with Gasteiger partial charge in [-0.15, -0.1) is 22.7 Å². The molecule has 3 N–H and O–H groups in total. The van der Waals surface area contributed by atoms with Crippen LogP contribution in [-0.2, 0) is 41.8 Å². The predicted octanol–water partition coefficient (Wildman–Crippen LogP) is 1.21. The number of rotatable bonds is 14. The quantitative estimate of drug-likeness (QED) is 0.238. The van der Waals surface area contributed by atoms with Gasteiger partial charge in [-0.25, -0.2) is 9.59 Å². The van der Waals surface area contributed by atoms with Gasteiger partial charge in [-0.1, -0.05) is 0 Å². The Balaban J connectivity index is 1.85.